The number of halogens is 3. The minimum atomic E-state index is -4.65. The van der Waals surface area contributed by atoms with E-state index in [1.54, 1.807) is 0 Å². The van der Waals surface area contributed by atoms with Gasteiger partial charge in [-0.25, -0.2) is 9.78 Å². The summed E-state index contributed by atoms with van der Waals surface area (Å²) >= 11 is 0. The number of ether oxygens (including phenoxy) is 3. The van der Waals surface area contributed by atoms with Crippen LogP contribution in [0.3, 0.4) is 0 Å². The van der Waals surface area contributed by atoms with Crippen LogP contribution in [-0.2, 0) is 15.7 Å². The lowest BCUT2D eigenvalue weighted by Crippen LogP contribution is -2.39. The number of pyridine rings is 1. The first-order chi connectivity index (χ1) is 8.91. The molecule has 0 atom stereocenters. The van der Waals surface area contributed by atoms with Crippen LogP contribution in [0.15, 0.2) is 12.3 Å². The maximum atomic E-state index is 12.9. The summed E-state index contributed by atoms with van der Waals surface area (Å²) in [4.78, 5) is 14.8. The number of rotatable bonds is 3. The third kappa shape index (κ3) is 2.95. The lowest BCUT2D eigenvalue weighted by atomic mass is 10.2. The monoisotopic (exact) mass is 277 g/mol. The van der Waals surface area contributed by atoms with Gasteiger partial charge >= 0.3 is 12.1 Å². The van der Waals surface area contributed by atoms with E-state index in [9.17, 15) is 18.0 Å². The van der Waals surface area contributed by atoms with E-state index in [4.69, 9.17) is 9.47 Å². The van der Waals surface area contributed by atoms with Crippen LogP contribution in [0.2, 0.25) is 0 Å². The SMILES string of the molecule is COC(=O)c1cc(C(F)(F)F)c(OC2COC2)cn1. The zero-order chi connectivity index (χ0) is 14.0. The van der Waals surface area contributed by atoms with E-state index in [1.165, 1.54) is 0 Å². The van der Waals surface area contributed by atoms with Crippen LogP contribution in [0.25, 0.3) is 0 Å². The maximum Gasteiger partial charge on any atom is 0.420 e. The van der Waals surface area contributed by atoms with Crippen molar-refractivity contribution in [1.29, 1.82) is 0 Å². The molecule has 1 fully saturated rings. The average Bonchev–Trinajstić information content (AvgIpc) is 2.31. The molecule has 5 nitrogen and oxygen atoms in total. The molecule has 1 saturated heterocycles. The van der Waals surface area contributed by atoms with E-state index in [1.807, 2.05) is 0 Å². The number of nitrogens with zero attached hydrogens (tertiary/aromatic N) is 1. The largest absolute Gasteiger partial charge is 0.483 e. The molecular weight excluding hydrogens is 267 g/mol. The third-order valence-electron chi connectivity index (χ3n) is 2.47. The first-order valence-corrected chi connectivity index (χ1v) is 5.31. The molecule has 0 bridgehead atoms. The van der Waals surface area contributed by atoms with E-state index in [2.05, 4.69) is 9.72 Å². The van der Waals surface area contributed by atoms with Gasteiger partial charge in [-0.1, -0.05) is 0 Å². The van der Waals surface area contributed by atoms with Crippen molar-refractivity contribution in [2.75, 3.05) is 20.3 Å². The number of alkyl halides is 3. The molecule has 1 aliphatic rings. The van der Waals surface area contributed by atoms with Crippen molar-refractivity contribution < 1.29 is 32.2 Å². The number of carbonyl (C=O) groups is 1. The fourth-order valence-electron chi connectivity index (χ4n) is 1.44. The van der Waals surface area contributed by atoms with Crippen molar-refractivity contribution in [3.8, 4) is 5.75 Å². The third-order valence-corrected chi connectivity index (χ3v) is 2.47. The van der Waals surface area contributed by atoms with Crippen LogP contribution >= 0.6 is 0 Å². The number of aromatic nitrogens is 1. The Hall–Kier alpha value is -1.83. The average molecular weight is 277 g/mol. The molecule has 104 valence electrons. The lowest BCUT2D eigenvalue weighted by Gasteiger charge is -2.27. The molecule has 1 aliphatic heterocycles. The summed E-state index contributed by atoms with van der Waals surface area (Å²) in [6, 6.07) is 0.612. The lowest BCUT2D eigenvalue weighted by molar-refractivity contribution is -0.142. The van der Waals surface area contributed by atoms with E-state index < -0.39 is 35.3 Å². The van der Waals surface area contributed by atoms with Gasteiger partial charge in [0.15, 0.2) is 5.75 Å². The Morgan fingerprint density at radius 2 is 2.16 bits per heavy atom. The molecule has 0 N–H and O–H groups in total. The second-order valence-corrected chi connectivity index (χ2v) is 3.83. The Balaban J connectivity index is 2.33. The van der Waals surface area contributed by atoms with Gasteiger partial charge in [0.25, 0.3) is 0 Å². The quantitative estimate of drug-likeness (QED) is 0.786. The van der Waals surface area contributed by atoms with Gasteiger partial charge in [0.1, 0.15) is 17.4 Å². The molecule has 19 heavy (non-hydrogen) atoms. The number of esters is 1. The number of methoxy groups -OCH3 is 1. The molecule has 0 amide bonds. The van der Waals surface area contributed by atoms with Crippen molar-refractivity contribution in [1.82, 2.24) is 4.98 Å². The van der Waals surface area contributed by atoms with E-state index in [-0.39, 0.29) is 13.2 Å². The summed E-state index contributed by atoms with van der Waals surface area (Å²) in [6.07, 6.45) is -4.20. The molecule has 1 aromatic rings. The molecule has 0 radical (unpaired) electrons. The molecule has 8 heteroatoms. The molecule has 1 aromatic heterocycles. The number of hydrogen-bond acceptors (Lipinski definition) is 5. The van der Waals surface area contributed by atoms with Crippen molar-refractivity contribution >= 4 is 5.97 Å². The van der Waals surface area contributed by atoms with Gasteiger partial charge in [-0.2, -0.15) is 13.2 Å². The number of hydrogen-bond donors (Lipinski definition) is 0. The minimum Gasteiger partial charge on any atom is -0.483 e. The second-order valence-electron chi connectivity index (χ2n) is 3.83. The molecule has 0 unspecified atom stereocenters. The van der Waals surface area contributed by atoms with Gasteiger partial charge < -0.3 is 14.2 Å². The summed E-state index contributed by atoms with van der Waals surface area (Å²) < 4.78 is 52.9. The molecule has 0 spiro atoms. The van der Waals surface area contributed by atoms with Gasteiger partial charge in [-0.3, -0.25) is 0 Å². The smallest absolute Gasteiger partial charge is 0.420 e. The summed E-state index contributed by atoms with van der Waals surface area (Å²) in [5, 5.41) is 0. The fraction of sp³-hybridized carbons (Fsp3) is 0.455. The van der Waals surface area contributed by atoms with Gasteiger partial charge in [-0.15, -0.1) is 0 Å². The van der Waals surface area contributed by atoms with Gasteiger partial charge in [0, 0.05) is 0 Å². The Bertz CT molecular complexity index is 485. The second kappa shape index (κ2) is 5.04. The summed E-state index contributed by atoms with van der Waals surface area (Å²) in [7, 11) is 1.06. The Morgan fingerprint density at radius 1 is 1.47 bits per heavy atom. The van der Waals surface area contributed by atoms with E-state index in [0.717, 1.165) is 13.3 Å². The number of carbonyl (C=O) groups excluding carboxylic acids is 1. The molecule has 2 rings (SSSR count). The predicted octanol–water partition coefficient (Wildman–Crippen LogP) is 1.66. The predicted molar refractivity (Wildman–Crippen MR) is 55.8 cm³/mol. The Kier molecular flexibility index (Phi) is 3.61. The highest BCUT2D eigenvalue weighted by Gasteiger charge is 2.37. The molecule has 0 aliphatic carbocycles. The van der Waals surface area contributed by atoms with Crippen LogP contribution in [-0.4, -0.2) is 37.4 Å². The normalized spacial score (nSPS) is 15.8. The minimum absolute atomic E-state index is 0.232. The Labute approximate surface area is 106 Å². The molecular formula is C11H10F3NO4. The van der Waals surface area contributed by atoms with E-state index in [0.29, 0.717) is 6.07 Å². The fourth-order valence-corrected chi connectivity index (χ4v) is 1.44. The molecule has 0 aromatic carbocycles. The highest BCUT2D eigenvalue weighted by atomic mass is 19.4. The van der Waals surface area contributed by atoms with Crippen molar-refractivity contribution in [2.24, 2.45) is 0 Å². The topological polar surface area (TPSA) is 57.7 Å². The van der Waals surface area contributed by atoms with Crippen LogP contribution in [0.1, 0.15) is 16.1 Å². The van der Waals surface area contributed by atoms with Crippen LogP contribution in [0.5, 0.6) is 5.75 Å². The molecule has 2 heterocycles. The van der Waals surface area contributed by atoms with Crippen LogP contribution in [0, 0.1) is 0 Å². The van der Waals surface area contributed by atoms with Crippen molar-refractivity contribution in [2.45, 2.75) is 12.3 Å². The summed E-state index contributed by atoms with van der Waals surface area (Å²) in [5.74, 6) is -1.36. The van der Waals surface area contributed by atoms with Gasteiger partial charge in [-0.05, 0) is 6.07 Å². The first-order valence-electron chi connectivity index (χ1n) is 5.31. The van der Waals surface area contributed by atoms with E-state index >= 15 is 0 Å². The zero-order valence-electron chi connectivity index (χ0n) is 9.86. The van der Waals surface area contributed by atoms with Gasteiger partial charge in [0.05, 0.1) is 26.5 Å². The molecule has 0 saturated carbocycles. The van der Waals surface area contributed by atoms with Crippen molar-refractivity contribution in [3.05, 3.63) is 23.5 Å². The van der Waals surface area contributed by atoms with Crippen molar-refractivity contribution in [3.63, 3.8) is 0 Å². The van der Waals surface area contributed by atoms with Crippen LogP contribution in [0.4, 0.5) is 13.2 Å². The maximum absolute atomic E-state index is 12.9. The Morgan fingerprint density at radius 3 is 2.63 bits per heavy atom. The zero-order valence-corrected chi connectivity index (χ0v) is 9.86. The summed E-state index contributed by atoms with van der Waals surface area (Å²) in [5.41, 5.74) is -1.48. The first kappa shape index (κ1) is 13.6. The highest BCUT2D eigenvalue weighted by Crippen LogP contribution is 2.37. The standard InChI is InChI=1S/C11H10F3NO4/c1-17-10(16)8-2-7(11(12,13)14)9(3-15-8)19-6-4-18-5-6/h2-3,6H,4-5H2,1H3. The van der Waals surface area contributed by atoms with Crippen LogP contribution < -0.4 is 4.74 Å². The van der Waals surface area contributed by atoms with Gasteiger partial charge in [0.2, 0.25) is 0 Å². The summed E-state index contributed by atoms with van der Waals surface area (Å²) in [6.45, 7) is 0.464. The highest BCUT2D eigenvalue weighted by molar-refractivity contribution is 5.87.